The fraction of sp³-hybridized carbons (Fsp3) is 0.500. The van der Waals surface area contributed by atoms with Gasteiger partial charge in [0.15, 0.2) is 11.5 Å². The maximum atomic E-state index is 9.75. The van der Waals surface area contributed by atoms with Crippen molar-refractivity contribution in [2.24, 2.45) is 5.73 Å². The predicted molar refractivity (Wildman–Crippen MR) is 64.7 cm³/mol. The van der Waals surface area contributed by atoms with Gasteiger partial charge in [0.25, 0.3) is 0 Å². The van der Waals surface area contributed by atoms with Crippen molar-refractivity contribution >= 4 is 0 Å². The summed E-state index contributed by atoms with van der Waals surface area (Å²) < 4.78 is 15.8. The molecule has 1 atom stereocenters. The number of ether oxygens (including phenoxy) is 3. The summed E-state index contributed by atoms with van der Waals surface area (Å²) in [5.41, 5.74) is 4.35. The predicted octanol–water partition coefficient (Wildman–Crippen LogP) is 0.792. The van der Waals surface area contributed by atoms with Gasteiger partial charge in [-0.15, -0.1) is 0 Å². The second kappa shape index (κ2) is 5.75. The zero-order valence-corrected chi connectivity index (χ0v) is 10.4. The highest BCUT2D eigenvalue weighted by molar-refractivity contribution is 5.51. The number of nitrogens with two attached hydrogens (primary N) is 1. The number of methoxy groups -OCH3 is 2. The van der Waals surface area contributed by atoms with Crippen LogP contribution in [0.4, 0.5) is 0 Å². The lowest BCUT2D eigenvalue weighted by atomic mass is 10.1. The van der Waals surface area contributed by atoms with Gasteiger partial charge in [-0.25, -0.2) is 0 Å². The molecule has 5 nitrogen and oxygen atoms in total. The minimum absolute atomic E-state index is 0.0903. The van der Waals surface area contributed by atoms with E-state index in [2.05, 4.69) is 0 Å². The molecular weight excluding hydrogens is 222 g/mol. The largest absolute Gasteiger partial charge is 0.493 e. The van der Waals surface area contributed by atoms with Crippen LogP contribution >= 0.6 is 0 Å². The van der Waals surface area contributed by atoms with Crippen molar-refractivity contribution < 1.29 is 19.3 Å². The average molecular weight is 241 g/mol. The Hall–Kier alpha value is -1.46. The van der Waals surface area contributed by atoms with Crippen LogP contribution in [-0.4, -0.2) is 38.1 Å². The van der Waals surface area contributed by atoms with E-state index in [1.54, 1.807) is 32.2 Å². The number of hydrogen-bond donors (Lipinski definition) is 2. The zero-order chi connectivity index (χ0) is 12.9. The van der Waals surface area contributed by atoms with E-state index < -0.39 is 5.60 Å². The van der Waals surface area contributed by atoms with Crippen molar-refractivity contribution in [2.75, 3.05) is 27.4 Å². The van der Waals surface area contributed by atoms with Crippen LogP contribution < -0.4 is 19.9 Å². The lowest BCUT2D eigenvalue weighted by Crippen LogP contribution is -2.40. The van der Waals surface area contributed by atoms with E-state index in [-0.39, 0.29) is 13.2 Å². The lowest BCUT2D eigenvalue weighted by Gasteiger charge is -2.22. The van der Waals surface area contributed by atoms with Gasteiger partial charge in [0, 0.05) is 6.54 Å². The molecule has 0 amide bonds. The third kappa shape index (κ3) is 3.51. The number of para-hydroxylation sites is 1. The molecule has 0 aromatic heterocycles. The summed E-state index contributed by atoms with van der Waals surface area (Å²) in [7, 11) is 3.09. The molecule has 0 bridgehead atoms. The smallest absolute Gasteiger partial charge is 0.203 e. The molecule has 0 heterocycles. The molecule has 5 heteroatoms. The Bertz CT molecular complexity index is 366. The van der Waals surface area contributed by atoms with E-state index in [0.29, 0.717) is 17.2 Å². The molecule has 0 aliphatic rings. The van der Waals surface area contributed by atoms with Crippen LogP contribution in [0, 0.1) is 0 Å². The second-order valence-corrected chi connectivity index (χ2v) is 3.98. The monoisotopic (exact) mass is 241 g/mol. The van der Waals surface area contributed by atoms with Gasteiger partial charge < -0.3 is 25.1 Å². The van der Waals surface area contributed by atoms with Gasteiger partial charge in [-0.2, -0.15) is 0 Å². The Morgan fingerprint density at radius 2 is 1.88 bits per heavy atom. The molecule has 1 aromatic carbocycles. The maximum absolute atomic E-state index is 9.75. The first-order valence-electron chi connectivity index (χ1n) is 5.30. The zero-order valence-electron chi connectivity index (χ0n) is 10.4. The third-order valence-corrected chi connectivity index (χ3v) is 2.35. The van der Waals surface area contributed by atoms with Crippen molar-refractivity contribution in [3.8, 4) is 17.2 Å². The van der Waals surface area contributed by atoms with E-state index in [1.807, 2.05) is 0 Å². The van der Waals surface area contributed by atoms with E-state index in [9.17, 15) is 5.11 Å². The molecule has 0 radical (unpaired) electrons. The molecule has 1 aromatic rings. The molecule has 0 saturated carbocycles. The summed E-state index contributed by atoms with van der Waals surface area (Å²) in [5, 5.41) is 9.75. The van der Waals surface area contributed by atoms with E-state index in [0.717, 1.165) is 0 Å². The Kier molecular flexibility index (Phi) is 4.60. The van der Waals surface area contributed by atoms with Crippen LogP contribution in [0.5, 0.6) is 17.2 Å². The standard InChI is InChI=1S/C12H19NO4/c1-12(14,7-13)8-17-10-6-4-5-9(15-2)11(10)16-3/h4-6,14H,7-8,13H2,1-3H3. The molecule has 0 aliphatic heterocycles. The second-order valence-electron chi connectivity index (χ2n) is 3.98. The first-order chi connectivity index (χ1) is 8.04. The van der Waals surface area contributed by atoms with Gasteiger partial charge in [0.2, 0.25) is 5.75 Å². The van der Waals surface area contributed by atoms with E-state index >= 15 is 0 Å². The minimum Gasteiger partial charge on any atom is -0.493 e. The van der Waals surface area contributed by atoms with Crippen LogP contribution in [0.25, 0.3) is 0 Å². The summed E-state index contributed by atoms with van der Waals surface area (Å²) in [4.78, 5) is 0. The van der Waals surface area contributed by atoms with Gasteiger partial charge in [0.05, 0.1) is 14.2 Å². The number of hydrogen-bond acceptors (Lipinski definition) is 5. The molecule has 0 fully saturated rings. The molecular formula is C12H19NO4. The van der Waals surface area contributed by atoms with Crippen molar-refractivity contribution in [3.63, 3.8) is 0 Å². The number of rotatable bonds is 6. The van der Waals surface area contributed by atoms with Crippen LogP contribution in [0.3, 0.4) is 0 Å². The number of benzene rings is 1. The first-order valence-corrected chi connectivity index (χ1v) is 5.30. The molecule has 96 valence electrons. The summed E-state index contributed by atoms with van der Waals surface area (Å²) in [6, 6.07) is 5.30. The van der Waals surface area contributed by atoms with E-state index in [4.69, 9.17) is 19.9 Å². The normalized spacial score (nSPS) is 13.9. The highest BCUT2D eigenvalue weighted by Gasteiger charge is 2.20. The molecule has 0 saturated heterocycles. The molecule has 1 unspecified atom stereocenters. The average Bonchev–Trinajstić information content (AvgIpc) is 2.35. The van der Waals surface area contributed by atoms with Crippen LogP contribution in [0.15, 0.2) is 18.2 Å². The summed E-state index contributed by atoms with van der Waals surface area (Å²) in [6.45, 7) is 1.83. The summed E-state index contributed by atoms with van der Waals surface area (Å²) >= 11 is 0. The fourth-order valence-electron chi connectivity index (χ4n) is 1.26. The van der Waals surface area contributed by atoms with Gasteiger partial charge in [-0.1, -0.05) is 6.07 Å². The van der Waals surface area contributed by atoms with Crippen molar-refractivity contribution in [3.05, 3.63) is 18.2 Å². The van der Waals surface area contributed by atoms with Crippen molar-refractivity contribution in [1.29, 1.82) is 0 Å². The van der Waals surface area contributed by atoms with E-state index in [1.165, 1.54) is 7.11 Å². The first kappa shape index (κ1) is 13.6. The van der Waals surface area contributed by atoms with Crippen molar-refractivity contribution in [1.82, 2.24) is 0 Å². The lowest BCUT2D eigenvalue weighted by molar-refractivity contribution is 0.0186. The Balaban J connectivity index is 2.84. The molecule has 17 heavy (non-hydrogen) atoms. The molecule has 0 spiro atoms. The maximum Gasteiger partial charge on any atom is 0.203 e. The van der Waals surface area contributed by atoms with Gasteiger partial charge in [-0.05, 0) is 19.1 Å². The Labute approximate surface area is 101 Å². The third-order valence-electron chi connectivity index (χ3n) is 2.35. The topological polar surface area (TPSA) is 73.9 Å². The van der Waals surface area contributed by atoms with Gasteiger partial charge in [-0.3, -0.25) is 0 Å². The minimum atomic E-state index is -1.06. The summed E-state index contributed by atoms with van der Waals surface area (Å²) in [6.07, 6.45) is 0. The molecule has 1 rings (SSSR count). The van der Waals surface area contributed by atoms with Gasteiger partial charge >= 0.3 is 0 Å². The molecule has 3 N–H and O–H groups in total. The SMILES string of the molecule is COc1cccc(OCC(C)(O)CN)c1OC. The molecule has 0 aliphatic carbocycles. The van der Waals surface area contributed by atoms with Crippen LogP contribution in [0.2, 0.25) is 0 Å². The number of aliphatic hydroxyl groups is 1. The van der Waals surface area contributed by atoms with Crippen LogP contribution in [0.1, 0.15) is 6.92 Å². The Morgan fingerprint density at radius 3 is 2.41 bits per heavy atom. The Morgan fingerprint density at radius 1 is 1.24 bits per heavy atom. The summed E-state index contributed by atoms with van der Waals surface area (Å²) in [5.74, 6) is 1.60. The highest BCUT2D eigenvalue weighted by Crippen LogP contribution is 2.36. The highest BCUT2D eigenvalue weighted by atomic mass is 16.5. The fourth-order valence-corrected chi connectivity index (χ4v) is 1.26. The quantitative estimate of drug-likeness (QED) is 0.770. The van der Waals surface area contributed by atoms with Gasteiger partial charge in [0.1, 0.15) is 12.2 Å². The van der Waals surface area contributed by atoms with Crippen LogP contribution in [-0.2, 0) is 0 Å². The van der Waals surface area contributed by atoms with Crippen molar-refractivity contribution in [2.45, 2.75) is 12.5 Å².